The van der Waals surface area contributed by atoms with E-state index in [9.17, 15) is 9.90 Å². The molecule has 0 saturated heterocycles. The molecule has 2 unspecified atom stereocenters. The number of hydrogen-bond acceptors (Lipinski definition) is 3. The molecule has 1 amide bonds. The number of carbonyl (C=O) groups is 1. The van der Waals surface area contributed by atoms with Gasteiger partial charge in [0.15, 0.2) is 0 Å². The second-order valence-electron chi connectivity index (χ2n) is 5.05. The van der Waals surface area contributed by atoms with Gasteiger partial charge in [-0.25, -0.2) is 0 Å². The number of amides is 1. The van der Waals surface area contributed by atoms with Crippen LogP contribution in [0.5, 0.6) is 0 Å². The van der Waals surface area contributed by atoms with Gasteiger partial charge < -0.3 is 16.2 Å². The molecule has 0 spiro atoms. The molecule has 19 heavy (non-hydrogen) atoms. The van der Waals surface area contributed by atoms with Gasteiger partial charge in [-0.3, -0.25) is 4.79 Å². The highest BCUT2D eigenvalue weighted by Gasteiger charge is 2.27. The van der Waals surface area contributed by atoms with Gasteiger partial charge in [0.1, 0.15) is 0 Å². The molecule has 1 aromatic rings. The molecule has 0 aromatic heterocycles. The maximum absolute atomic E-state index is 12.1. The smallest absolute Gasteiger partial charge is 0.254 e. The summed E-state index contributed by atoms with van der Waals surface area (Å²) < 4.78 is 0. The average molecular weight is 283 g/mol. The molecule has 1 aromatic carbocycles. The van der Waals surface area contributed by atoms with Crippen LogP contribution in [0.25, 0.3) is 0 Å². The zero-order valence-electron chi connectivity index (χ0n) is 10.7. The molecule has 0 bridgehead atoms. The van der Waals surface area contributed by atoms with Crippen LogP contribution in [0.2, 0.25) is 5.02 Å². The van der Waals surface area contributed by atoms with Crippen molar-refractivity contribution in [3.05, 3.63) is 28.8 Å². The van der Waals surface area contributed by atoms with Crippen molar-refractivity contribution >= 4 is 23.2 Å². The Bertz CT molecular complexity index is 445. The number of rotatable bonds is 4. The van der Waals surface area contributed by atoms with Gasteiger partial charge >= 0.3 is 0 Å². The second-order valence-corrected chi connectivity index (χ2v) is 5.45. The van der Waals surface area contributed by atoms with Crippen molar-refractivity contribution in [3.8, 4) is 0 Å². The lowest BCUT2D eigenvalue weighted by atomic mass is 9.97. The summed E-state index contributed by atoms with van der Waals surface area (Å²) in [5.41, 5.74) is 6.49. The zero-order chi connectivity index (χ0) is 13.8. The van der Waals surface area contributed by atoms with E-state index in [-0.39, 0.29) is 12.5 Å². The third-order valence-electron chi connectivity index (χ3n) is 3.85. The van der Waals surface area contributed by atoms with Crippen LogP contribution in [0.4, 0.5) is 5.69 Å². The quantitative estimate of drug-likeness (QED) is 0.740. The Morgan fingerprint density at radius 1 is 1.42 bits per heavy atom. The first-order valence-corrected chi connectivity index (χ1v) is 6.94. The maximum Gasteiger partial charge on any atom is 0.254 e. The molecule has 4 nitrogen and oxygen atoms in total. The summed E-state index contributed by atoms with van der Waals surface area (Å²) in [6.45, 7) is 0.753. The highest BCUT2D eigenvalue weighted by Crippen LogP contribution is 2.31. The van der Waals surface area contributed by atoms with Gasteiger partial charge in [0, 0.05) is 18.8 Å². The van der Waals surface area contributed by atoms with E-state index in [1.807, 2.05) is 0 Å². The second kappa shape index (κ2) is 6.26. The van der Waals surface area contributed by atoms with Gasteiger partial charge in [0.25, 0.3) is 5.91 Å². The third kappa shape index (κ3) is 3.19. The minimum Gasteiger partial charge on any atom is -0.398 e. The van der Waals surface area contributed by atoms with Crippen LogP contribution >= 0.6 is 11.6 Å². The van der Waals surface area contributed by atoms with Gasteiger partial charge in [0.05, 0.1) is 10.6 Å². The van der Waals surface area contributed by atoms with E-state index in [2.05, 4.69) is 5.32 Å². The van der Waals surface area contributed by atoms with Gasteiger partial charge in [-0.1, -0.05) is 24.1 Å². The molecule has 104 valence electrons. The molecule has 2 atom stereocenters. The summed E-state index contributed by atoms with van der Waals surface area (Å²) in [6, 6.07) is 5.03. The average Bonchev–Trinajstić information content (AvgIpc) is 2.83. The van der Waals surface area contributed by atoms with Crippen LogP contribution < -0.4 is 11.1 Å². The summed E-state index contributed by atoms with van der Waals surface area (Å²) in [5.74, 6) is 0.397. The Labute approximate surface area is 117 Å². The lowest BCUT2D eigenvalue weighted by Gasteiger charge is -2.18. The van der Waals surface area contributed by atoms with E-state index in [1.54, 1.807) is 18.2 Å². The van der Waals surface area contributed by atoms with E-state index in [1.165, 1.54) is 0 Å². The SMILES string of the molecule is Nc1cccc(Cl)c1C(=O)NCC1CCCC1CO. The number of anilines is 1. The van der Waals surface area contributed by atoms with Crippen LogP contribution in [0, 0.1) is 11.8 Å². The van der Waals surface area contributed by atoms with Crippen LogP contribution in [0.3, 0.4) is 0 Å². The number of hydrogen-bond donors (Lipinski definition) is 3. The van der Waals surface area contributed by atoms with E-state index >= 15 is 0 Å². The van der Waals surface area contributed by atoms with Crippen LogP contribution in [-0.4, -0.2) is 24.2 Å². The number of benzene rings is 1. The molecular weight excluding hydrogens is 264 g/mol. The fourth-order valence-corrected chi connectivity index (χ4v) is 2.98. The largest absolute Gasteiger partial charge is 0.398 e. The van der Waals surface area contributed by atoms with Gasteiger partial charge in [-0.15, -0.1) is 0 Å². The highest BCUT2D eigenvalue weighted by molar-refractivity contribution is 6.34. The van der Waals surface area contributed by atoms with Crippen LogP contribution in [0.15, 0.2) is 18.2 Å². The summed E-state index contributed by atoms with van der Waals surface area (Å²) in [5, 5.41) is 12.5. The number of nitrogen functional groups attached to an aromatic ring is 1. The third-order valence-corrected chi connectivity index (χ3v) is 4.16. The number of aliphatic hydroxyl groups is 1. The Morgan fingerprint density at radius 3 is 2.84 bits per heavy atom. The van der Waals surface area contributed by atoms with Gasteiger partial charge in [-0.05, 0) is 36.8 Å². The molecular formula is C14H19ClN2O2. The van der Waals surface area contributed by atoms with Crippen molar-refractivity contribution in [2.45, 2.75) is 19.3 Å². The van der Waals surface area contributed by atoms with E-state index in [0.29, 0.717) is 34.7 Å². The van der Waals surface area contributed by atoms with Crippen molar-refractivity contribution in [2.75, 3.05) is 18.9 Å². The summed E-state index contributed by atoms with van der Waals surface area (Å²) in [7, 11) is 0. The summed E-state index contributed by atoms with van der Waals surface area (Å²) in [6.07, 6.45) is 3.19. The number of carbonyl (C=O) groups excluding carboxylic acids is 1. The predicted octanol–water partition coefficient (Wildman–Crippen LogP) is 2.06. The fraction of sp³-hybridized carbons (Fsp3) is 0.500. The van der Waals surface area contributed by atoms with Gasteiger partial charge in [-0.2, -0.15) is 0 Å². The minimum atomic E-state index is -0.244. The monoisotopic (exact) mass is 282 g/mol. The Hall–Kier alpha value is -1.26. The standard InChI is InChI=1S/C14H19ClN2O2/c15-11-5-2-6-12(16)13(11)14(19)17-7-9-3-1-4-10(9)8-18/h2,5-6,9-10,18H,1,3-4,7-8,16H2,(H,17,19). The zero-order valence-corrected chi connectivity index (χ0v) is 11.5. The molecule has 5 heteroatoms. The Kier molecular flexibility index (Phi) is 4.66. The molecule has 2 rings (SSSR count). The van der Waals surface area contributed by atoms with E-state index in [4.69, 9.17) is 17.3 Å². The molecule has 1 saturated carbocycles. The number of halogens is 1. The lowest BCUT2D eigenvalue weighted by Crippen LogP contribution is -2.32. The van der Waals surface area contributed by atoms with Crippen LogP contribution in [-0.2, 0) is 0 Å². The maximum atomic E-state index is 12.1. The van der Waals surface area contributed by atoms with Crippen molar-refractivity contribution in [3.63, 3.8) is 0 Å². The van der Waals surface area contributed by atoms with Gasteiger partial charge in [0.2, 0.25) is 0 Å². The van der Waals surface area contributed by atoms with Crippen molar-refractivity contribution in [1.29, 1.82) is 0 Å². The number of nitrogens with one attached hydrogen (secondary N) is 1. The van der Waals surface area contributed by atoms with Crippen LogP contribution in [0.1, 0.15) is 29.6 Å². The molecule has 4 N–H and O–H groups in total. The summed E-state index contributed by atoms with van der Waals surface area (Å²) >= 11 is 5.99. The minimum absolute atomic E-state index is 0.189. The first-order valence-electron chi connectivity index (χ1n) is 6.56. The van der Waals surface area contributed by atoms with Crippen molar-refractivity contribution < 1.29 is 9.90 Å². The number of nitrogens with two attached hydrogens (primary N) is 1. The number of aliphatic hydroxyl groups excluding tert-OH is 1. The predicted molar refractivity (Wildman–Crippen MR) is 76.1 cm³/mol. The molecule has 1 aliphatic carbocycles. The Morgan fingerprint density at radius 2 is 2.16 bits per heavy atom. The molecule has 0 heterocycles. The molecule has 1 fully saturated rings. The van der Waals surface area contributed by atoms with E-state index < -0.39 is 0 Å². The first kappa shape index (κ1) is 14.2. The summed E-state index contributed by atoms with van der Waals surface area (Å²) in [4.78, 5) is 12.1. The highest BCUT2D eigenvalue weighted by atomic mass is 35.5. The normalized spacial score (nSPS) is 22.4. The molecule has 1 aliphatic rings. The topological polar surface area (TPSA) is 75.4 Å². The fourth-order valence-electron chi connectivity index (χ4n) is 2.72. The van der Waals surface area contributed by atoms with Crippen molar-refractivity contribution in [2.24, 2.45) is 11.8 Å². The Balaban J connectivity index is 1.98. The van der Waals surface area contributed by atoms with E-state index in [0.717, 1.165) is 19.3 Å². The molecule has 0 aliphatic heterocycles. The molecule has 0 radical (unpaired) electrons. The van der Waals surface area contributed by atoms with Crippen molar-refractivity contribution in [1.82, 2.24) is 5.32 Å². The lowest BCUT2D eigenvalue weighted by molar-refractivity contribution is 0.0939. The first-order chi connectivity index (χ1) is 9.13.